The van der Waals surface area contributed by atoms with Crippen molar-refractivity contribution >= 4 is 22.7 Å². The van der Waals surface area contributed by atoms with Gasteiger partial charge in [0.15, 0.2) is 0 Å². The molecule has 0 spiro atoms. The fourth-order valence-corrected chi connectivity index (χ4v) is 2.52. The van der Waals surface area contributed by atoms with Crippen LogP contribution in [0.1, 0.15) is 26.7 Å². The van der Waals surface area contributed by atoms with E-state index in [1.165, 1.54) is 12.8 Å². The fraction of sp³-hybridized carbons (Fsp3) is 0.500. The second kappa shape index (κ2) is 5.65. The molecule has 0 aliphatic heterocycles. The van der Waals surface area contributed by atoms with Crippen molar-refractivity contribution in [3.05, 3.63) is 24.3 Å². The van der Waals surface area contributed by atoms with Crippen molar-refractivity contribution in [3.63, 3.8) is 0 Å². The van der Waals surface area contributed by atoms with E-state index in [0.717, 1.165) is 48.2 Å². The molecule has 1 aliphatic carbocycles. The molecule has 1 aromatic carbocycles. The number of benzene rings is 1. The topological polar surface area (TPSA) is 41.1 Å². The first-order valence-corrected chi connectivity index (χ1v) is 7.57. The van der Waals surface area contributed by atoms with Gasteiger partial charge in [-0.25, -0.2) is 4.98 Å². The molecule has 0 amide bonds. The van der Waals surface area contributed by atoms with Gasteiger partial charge in [0.05, 0.1) is 5.52 Å². The summed E-state index contributed by atoms with van der Waals surface area (Å²) in [6, 6.07) is 8.28. The summed E-state index contributed by atoms with van der Waals surface area (Å²) in [5, 5.41) is 4.39. The summed E-state index contributed by atoms with van der Waals surface area (Å²) in [5.41, 5.74) is 1.02. The van der Waals surface area contributed by atoms with E-state index in [-0.39, 0.29) is 0 Å². The molecule has 0 atom stereocenters. The second-order valence-corrected chi connectivity index (χ2v) is 5.40. The predicted octanol–water partition coefficient (Wildman–Crippen LogP) is 3.30. The Labute approximate surface area is 120 Å². The van der Waals surface area contributed by atoms with Crippen LogP contribution in [-0.4, -0.2) is 29.6 Å². The lowest BCUT2D eigenvalue weighted by Gasteiger charge is -2.23. The lowest BCUT2D eigenvalue weighted by molar-refractivity contribution is 0.734. The van der Waals surface area contributed by atoms with Gasteiger partial charge in [0.2, 0.25) is 5.95 Å². The first-order valence-electron chi connectivity index (χ1n) is 7.57. The highest BCUT2D eigenvalue weighted by Gasteiger charge is 2.25. The van der Waals surface area contributed by atoms with Crippen LogP contribution in [0.3, 0.4) is 0 Å². The smallest absolute Gasteiger partial charge is 0.225 e. The lowest BCUT2D eigenvalue weighted by atomic mass is 10.2. The van der Waals surface area contributed by atoms with E-state index in [4.69, 9.17) is 4.98 Å². The average molecular weight is 270 g/mol. The Morgan fingerprint density at radius 1 is 1.20 bits per heavy atom. The molecule has 1 aromatic heterocycles. The van der Waals surface area contributed by atoms with Crippen molar-refractivity contribution in [1.29, 1.82) is 0 Å². The summed E-state index contributed by atoms with van der Waals surface area (Å²) < 4.78 is 0. The van der Waals surface area contributed by atoms with Gasteiger partial charge in [-0.2, -0.15) is 4.98 Å². The molecular weight excluding hydrogens is 248 g/mol. The number of anilines is 2. The van der Waals surface area contributed by atoms with Gasteiger partial charge >= 0.3 is 0 Å². The van der Waals surface area contributed by atoms with Crippen LogP contribution >= 0.6 is 0 Å². The van der Waals surface area contributed by atoms with Crippen LogP contribution in [0.25, 0.3) is 10.9 Å². The molecule has 1 heterocycles. The molecule has 2 aromatic rings. The van der Waals surface area contributed by atoms with Gasteiger partial charge in [-0.05, 0) is 44.7 Å². The molecule has 1 N–H and O–H groups in total. The second-order valence-electron chi connectivity index (χ2n) is 5.40. The van der Waals surface area contributed by atoms with E-state index in [1.54, 1.807) is 0 Å². The number of para-hydroxylation sites is 1. The standard InChI is InChI=1S/C16H22N4/c1-3-17-16-18-14-8-6-5-7-13(14)15(19-16)20(4-2)11-12-9-10-12/h5-8,12H,3-4,9-11H2,1-2H3,(H,17,18,19). The molecule has 0 unspecified atom stereocenters. The summed E-state index contributed by atoms with van der Waals surface area (Å²) in [6.07, 6.45) is 2.72. The van der Waals surface area contributed by atoms with Gasteiger partial charge in [-0.3, -0.25) is 0 Å². The highest BCUT2D eigenvalue weighted by molar-refractivity contribution is 5.90. The minimum atomic E-state index is 0.732. The summed E-state index contributed by atoms with van der Waals surface area (Å²) >= 11 is 0. The number of nitrogens with one attached hydrogen (secondary N) is 1. The zero-order chi connectivity index (χ0) is 13.9. The van der Waals surface area contributed by atoms with Crippen molar-refractivity contribution < 1.29 is 0 Å². The minimum Gasteiger partial charge on any atom is -0.356 e. The van der Waals surface area contributed by atoms with Crippen LogP contribution in [0.5, 0.6) is 0 Å². The Morgan fingerprint density at radius 2 is 2.00 bits per heavy atom. The molecule has 1 fully saturated rings. The number of aromatic nitrogens is 2. The normalized spacial score (nSPS) is 14.5. The van der Waals surface area contributed by atoms with Gasteiger partial charge in [-0.1, -0.05) is 12.1 Å². The Morgan fingerprint density at radius 3 is 2.70 bits per heavy atom. The van der Waals surface area contributed by atoms with Crippen molar-refractivity contribution in [2.75, 3.05) is 29.9 Å². The van der Waals surface area contributed by atoms with E-state index in [1.807, 2.05) is 6.07 Å². The van der Waals surface area contributed by atoms with E-state index in [2.05, 4.69) is 47.2 Å². The van der Waals surface area contributed by atoms with Gasteiger partial charge < -0.3 is 10.2 Å². The molecule has 1 saturated carbocycles. The van der Waals surface area contributed by atoms with Crippen molar-refractivity contribution in [3.8, 4) is 0 Å². The minimum absolute atomic E-state index is 0.732. The third-order valence-corrected chi connectivity index (χ3v) is 3.77. The molecule has 106 valence electrons. The summed E-state index contributed by atoms with van der Waals surface area (Å²) in [5.74, 6) is 2.66. The van der Waals surface area contributed by atoms with E-state index >= 15 is 0 Å². The number of rotatable bonds is 6. The maximum Gasteiger partial charge on any atom is 0.225 e. The van der Waals surface area contributed by atoms with Crippen LogP contribution < -0.4 is 10.2 Å². The zero-order valence-corrected chi connectivity index (χ0v) is 12.3. The molecule has 4 heteroatoms. The van der Waals surface area contributed by atoms with Gasteiger partial charge in [-0.15, -0.1) is 0 Å². The largest absolute Gasteiger partial charge is 0.356 e. The van der Waals surface area contributed by atoms with Crippen LogP contribution in [0.15, 0.2) is 24.3 Å². The van der Waals surface area contributed by atoms with E-state index < -0.39 is 0 Å². The number of hydrogen-bond donors (Lipinski definition) is 1. The van der Waals surface area contributed by atoms with Crippen LogP contribution in [-0.2, 0) is 0 Å². The molecule has 0 saturated heterocycles. The molecule has 20 heavy (non-hydrogen) atoms. The predicted molar refractivity (Wildman–Crippen MR) is 84.3 cm³/mol. The van der Waals surface area contributed by atoms with Crippen molar-refractivity contribution in [1.82, 2.24) is 9.97 Å². The van der Waals surface area contributed by atoms with Gasteiger partial charge in [0.1, 0.15) is 5.82 Å². The quantitative estimate of drug-likeness (QED) is 0.874. The van der Waals surface area contributed by atoms with E-state index in [9.17, 15) is 0 Å². The van der Waals surface area contributed by atoms with Gasteiger partial charge in [0.25, 0.3) is 0 Å². The first kappa shape index (κ1) is 13.2. The maximum absolute atomic E-state index is 4.75. The number of nitrogens with zero attached hydrogens (tertiary/aromatic N) is 3. The molecular formula is C16H22N4. The molecule has 0 radical (unpaired) electrons. The first-order chi connectivity index (χ1) is 9.81. The zero-order valence-electron chi connectivity index (χ0n) is 12.3. The molecule has 0 bridgehead atoms. The van der Waals surface area contributed by atoms with Crippen LogP contribution in [0.4, 0.5) is 11.8 Å². The third-order valence-electron chi connectivity index (χ3n) is 3.77. The van der Waals surface area contributed by atoms with Crippen molar-refractivity contribution in [2.45, 2.75) is 26.7 Å². The number of hydrogen-bond acceptors (Lipinski definition) is 4. The van der Waals surface area contributed by atoms with Gasteiger partial charge in [0, 0.05) is 25.0 Å². The summed E-state index contributed by atoms with van der Waals surface area (Å²) in [6.45, 7) is 7.21. The highest BCUT2D eigenvalue weighted by atomic mass is 15.2. The third kappa shape index (κ3) is 2.69. The Balaban J connectivity index is 2.04. The van der Waals surface area contributed by atoms with Crippen molar-refractivity contribution in [2.24, 2.45) is 5.92 Å². The summed E-state index contributed by atoms with van der Waals surface area (Å²) in [7, 11) is 0. The fourth-order valence-electron chi connectivity index (χ4n) is 2.52. The van der Waals surface area contributed by atoms with E-state index in [0.29, 0.717) is 0 Å². The van der Waals surface area contributed by atoms with Crippen LogP contribution in [0.2, 0.25) is 0 Å². The molecule has 1 aliphatic rings. The Hall–Kier alpha value is -1.84. The van der Waals surface area contributed by atoms with Crippen LogP contribution in [0, 0.1) is 5.92 Å². The lowest BCUT2D eigenvalue weighted by Crippen LogP contribution is -2.27. The maximum atomic E-state index is 4.75. The monoisotopic (exact) mass is 270 g/mol. The average Bonchev–Trinajstić information content (AvgIpc) is 3.28. The highest BCUT2D eigenvalue weighted by Crippen LogP contribution is 2.33. The summed E-state index contributed by atoms with van der Waals surface area (Å²) in [4.78, 5) is 11.7. The Bertz CT molecular complexity index is 592. The molecule has 3 rings (SSSR count). The SMILES string of the molecule is CCNc1nc(N(CC)CC2CC2)c2ccccc2n1. The molecule has 4 nitrogen and oxygen atoms in total. The number of fused-ring (bicyclic) bond motifs is 1. The Kier molecular flexibility index (Phi) is 3.72.